The van der Waals surface area contributed by atoms with Crippen LogP contribution in [0.2, 0.25) is 0 Å². The van der Waals surface area contributed by atoms with Crippen LogP contribution in [0.3, 0.4) is 0 Å². The molecule has 89 heavy (non-hydrogen) atoms. The van der Waals surface area contributed by atoms with Gasteiger partial charge in [-0.2, -0.15) is 0 Å². The number of rotatable bonds is 78. The number of aliphatic hydroxyl groups is 2. The van der Waals surface area contributed by atoms with Gasteiger partial charge in [0.05, 0.1) is 25.4 Å². The van der Waals surface area contributed by atoms with Gasteiger partial charge in [-0.05, 0) is 57.8 Å². The van der Waals surface area contributed by atoms with Crippen LogP contribution in [0.25, 0.3) is 0 Å². The van der Waals surface area contributed by atoms with Gasteiger partial charge in [-0.3, -0.25) is 9.59 Å². The van der Waals surface area contributed by atoms with Crippen molar-refractivity contribution in [3.05, 3.63) is 24.3 Å². The lowest BCUT2D eigenvalue weighted by Crippen LogP contribution is -2.45. The van der Waals surface area contributed by atoms with Crippen molar-refractivity contribution in [1.29, 1.82) is 0 Å². The lowest BCUT2D eigenvalue weighted by Gasteiger charge is -2.20. The highest BCUT2D eigenvalue weighted by molar-refractivity contribution is 5.76. The number of hydrogen-bond donors (Lipinski definition) is 3. The van der Waals surface area contributed by atoms with Crippen molar-refractivity contribution in [1.82, 2.24) is 5.32 Å². The number of allylic oxidation sites excluding steroid dienone is 3. The summed E-state index contributed by atoms with van der Waals surface area (Å²) in [7, 11) is 0. The molecule has 0 aliphatic carbocycles. The van der Waals surface area contributed by atoms with Gasteiger partial charge in [0, 0.05) is 12.8 Å². The van der Waals surface area contributed by atoms with Crippen LogP contribution in [-0.4, -0.2) is 47.4 Å². The average Bonchev–Trinajstić information content (AvgIpc) is 3.62. The van der Waals surface area contributed by atoms with Crippen LogP contribution < -0.4 is 5.32 Å². The van der Waals surface area contributed by atoms with Gasteiger partial charge in [0.25, 0.3) is 0 Å². The summed E-state index contributed by atoms with van der Waals surface area (Å²) >= 11 is 0. The Morgan fingerprint density at radius 3 is 0.798 bits per heavy atom. The maximum Gasteiger partial charge on any atom is 0.305 e. The van der Waals surface area contributed by atoms with Crippen LogP contribution in [0.15, 0.2) is 24.3 Å². The van der Waals surface area contributed by atoms with E-state index in [1.807, 2.05) is 6.08 Å². The summed E-state index contributed by atoms with van der Waals surface area (Å²) in [5.74, 6) is -0.0357. The van der Waals surface area contributed by atoms with Gasteiger partial charge in [-0.25, -0.2) is 0 Å². The first-order valence-corrected chi connectivity index (χ1v) is 41.1. The fourth-order valence-electron chi connectivity index (χ4n) is 13.2. The summed E-state index contributed by atoms with van der Waals surface area (Å²) in [6, 6.07) is -0.626. The highest BCUT2D eigenvalue weighted by Crippen LogP contribution is 2.20. The minimum absolute atomic E-state index is 0.0244. The SMILES string of the molecule is CCCCCCCCCCCCCCCCCCCC/C=C/C(O)C(CO)NC(=O)CCCCCCCCCCCCCCCCCCC/C=C\CCCCCCCCCCCCCCOC(=O)CCCCCCCCCCCCCCCCCCCCC. The van der Waals surface area contributed by atoms with E-state index in [0.717, 1.165) is 38.5 Å². The van der Waals surface area contributed by atoms with Crippen LogP contribution >= 0.6 is 0 Å². The molecule has 0 spiro atoms. The summed E-state index contributed by atoms with van der Waals surface area (Å²) in [6.45, 7) is 4.97. The normalized spacial score (nSPS) is 12.5. The molecule has 0 rings (SSSR count). The Hall–Kier alpha value is -1.66. The molecule has 0 fully saturated rings. The van der Waals surface area contributed by atoms with E-state index < -0.39 is 12.1 Å². The van der Waals surface area contributed by atoms with Crippen LogP contribution in [0.4, 0.5) is 0 Å². The standard InChI is InChI=1S/C83H161NO5/c1-3-5-7-9-11-13-15-17-19-21-23-40-43-47-51-55-59-63-67-71-75-81(86)80(79-85)84-82(87)76-72-68-64-60-56-52-48-44-41-37-35-33-31-29-27-25-24-26-28-30-32-34-36-38-42-46-50-54-58-62-66-70-74-78-89-83(88)77-73-69-65-61-57-53-49-45-39-22-20-18-16-14-12-10-8-6-4-2/h28,30,71,75,80-81,85-86H,3-27,29,31-70,72-74,76-79H2,1-2H3,(H,84,87)/b30-28-,75-71+. The molecule has 0 bridgehead atoms. The summed E-state index contributed by atoms with van der Waals surface area (Å²) < 4.78 is 5.52. The number of esters is 1. The average molecular weight is 1250 g/mol. The van der Waals surface area contributed by atoms with E-state index in [1.165, 1.54) is 405 Å². The number of amides is 1. The van der Waals surface area contributed by atoms with E-state index in [0.29, 0.717) is 19.4 Å². The van der Waals surface area contributed by atoms with Gasteiger partial charge in [0.2, 0.25) is 5.91 Å². The molecule has 1 amide bonds. The quantitative estimate of drug-likeness (QED) is 0.0320. The van der Waals surface area contributed by atoms with E-state index >= 15 is 0 Å². The lowest BCUT2D eigenvalue weighted by molar-refractivity contribution is -0.143. The molecule has 6 nitrogen and oxygen atoms in total. The Labute approximate surface area is 558 Å². The summed E-state index contributed by atoms with van der Waals surface area (Å²) in [4.78, 5) is 24.7. The zero-order chi connectivity index (χ0) is 64.2. The fourth-order valence-corrected chi connectivity index (χ4v) is 13.2. The van der Waals surface area contributed by atoms with E-state index in [2.05, 4.69) is 31.3 Å². The molecule has 0 aromatic rings. The number of hydrogen-bond acceptors (Lipinski definition) is 5. The predicted molar refractivity (Wildman–Crippen MR) is 393 cm³/mol. The molecule has 0 saturated heterocycles. The van der Waals surface area contributed by atoms with Crippen LogP contribution in [-0.2, 0) is 14.3 Å². The lowest BCUT2D eigenvalue weighted by atomic mass is 10.0. The summed E-state index contributed by atoms with van der Waals surface area (Å²) in [6.07, 6.45) is 102. The molecular formula is C83H161NO5. The molecule has 528 valence electrons. The molecule has 0 aromatic heterocycles. The topological polar surface area (TPSA) is 95.9 Å². The predicted octanol–water partition coefficient (Wildman–Crippen LogP) is 27.2. The first-order chi connectivity index (χ1) is 44.0. The molecule has 0 heterocycles. The third kappa shape index (κ3) is 75.3. The minimum Gasteiger partial charge on any atom is -0.466 e. The van der Waals surface area contributed by atoms with Gasteiger partial charge >= 0.3 is 5.97 Å². The van der Waals surface area contributed by atoms with Crippen molar-refractivity contribution in [3.63, 3.8) is 0 Å². The van der Waals surface area contributed by atoms with Crippen molar-refractivity contribution in [2.75, 3.05) is 13.2 Å². The Kier molecular flexibility index (Phi) is 77.3. The minimum atomic E-state index is -0.843. The molecule has 0 radical (unpaired) electrons. The first-order valence-electron chi connectivity index (χ1n) is 41.1. The van der Waals surface area contributed by atoms with Crippen LogP contribution in [0, 0.1) is 0 Å². The number of aliphatic hydroxyl groups excluding tert-OH is 2. The first kappa shape index (κ1) is 87.3. The zero-order valence-corrected chi connectivity index (χ0v) is 60.7. The molecule has 2 atom stereocenters. The Balaban J connectivity index is 3.35. The van der Waals surface area contributed by atoms with Gasteiger partial charge in [0.15, 0.2) is 0 Å². The number of ether oxygens (including phenoxy) is 1. The Bertz CT molecular complexity index is 1400. The van der Waals surface area contributed by atoms with Crippen molar-refractivity contribution in [2.24, 2.45) is 0 Å². The van der Waals surface area contributed by atoms with Gasteiger partial charge < -0.3 is 20.3 Å². The smallest absolute Gasteiger partial charge is 0.305 e. The summed E-state index contributed by atoms with van der Waals surface area (Å²) in [5.41, 5.74) is 0. The number of carbonyl (C=O) groups excluding carboxylic acids is 2. The van der Waals surface area contributed by atoms with Crippen molar-refractivity contribution >= 4 is 11.9 Å². The maximum atomic E-state index is 12.5. The maximum absolute atomic E-state index is 12.5. The number of carbonyl (C=O) groups is 2. The third-order valence-corrected chi connectivity index (χ3v) is 19.5. The van der Waals surface area contributed by atoms with Crippen molar-refractivity contribution in [3.8, 4) is 0 Å². The van der Waals surface area contributed by atoms with Gasteiger partial charge in [-0.15, -0.1) is 0 Å². The number of unbranched alkanes of at least 4 members (excludes halogenated alkanes) is 65. The Morgan fingerprint density at radius 2 is 0.528 bits per heavy atom. The molecule has 2 unspecified atom stereocenters. The molecule has 0 saturated carbocycles. The van der Waals surface area contributed by atoms with Crippen molar-refractivity contribution in [2.45, 2.75) is 482 Å². The van der Waals surface area contributed by atoms with Crippen molar-refractivity contribution < 1.29 is 24.5 Å². The van der Waals surface area contributed by atoms with E-state index in [9.17, 15) is 19.8 Å². The summed E-state index contributed by atoms with van der Waals surface area (Å²) in [5, 5.41) is 23.3. The second-order valence-electron chi connectivity index (χ2n) is 28.5. The van der Waals surface area contributed by atoms with E-state index in [4.69, 9.17) is 4.74 Å². The molecule has 3 N–H and O–H groups in total. The molecule has 6 heteroatoms. The Morgan fingerprint density at radius 1 is 0.303 bits per heavy atom. The number of nitrogens with one attached hydrogen (secondary N) is 1. The second kappa shape index (κ2) is 78.8. The monoisotopic (exact) mass is 1250 g/mol. The van der Waals surface area contributed by atoms with E-state index in [-0.39, 0.29) is 18.5 Å². The third-order valence-electron chi connectivity index (χ3n) is 19.5. The highest BCUT2D eigenvalue weighted by atomic mass is 16.5. The molecular weight excluding hydrogens is 1090 g/mol. The van der Waals surface area contributed by atoms with Gasteiger partial charge in [0.1, 0.15) is 0 Å². The highest BCUT2D eigenvalue weighted by Gasteiger charge is 2.18. The van der Waals surface area contributed by atoms with Crippen LogP contribution in [0.5, 0.6) is 0 Å². The van der Waals surface area contributed by atoms with E-state index in [1.54, 1.807) is 6.08 Å². The molecule has 0 aliphatic rings. The van der Waals surface area contributed by atoms with Gasteiger partial charge in [-0.1, -0.05) is 423 Å². The molecule has 0 aliphatic heterocycles. The molecule has 0 aromatic carbocycles. The zero-order valence-electron chi connectivity index (χ0n) is 60.7. The fraction of sp³-hybridized carbons (Fsp3) is 0.928. The second-order valence-corrected chi connectivity index (χ2v) is 28.5. The largest absolute Gasteiger partial charge is 0.466 e. The van der Waals surface area contributed by atoms with Crippen LogP contribution in [0.1, 0.15) is 470 Å².